The van der Waals surface area contributed by atoms with Crippen molar-refractivity contribution in [3.05, 3.63) is 28.4 Å². The Kier molecular flexibility index (Phi) is 4.05. The van der Waals surface area contributed by atoms with E-state index in [0.29, 0.717) is 5.78 Å². The first-order valence-corrected chi connectivity index (χ1v) is 7.83. The van der Waals surface area contributed by atoms with Crippen molar-refractivity contribution in [2.24, 2.45) is 0 Å². The van der Waals surface area contributed by atoms with E-state index in [1.807, 2.05) is 0 Å². The fourth-order valence-electron chi connectivity index (χ4n) is 3.17. The van der Waals surface area contributed by atoms with Gasteiger partial charge >= 0.3 is 0 Å². The molecule has 0 unspecified atom stereocenters. The molecule has 6 nitrogen and oxygen atoms in total. The average Bonchev–Trinajstić information content (AvgIpc) is 2.95. The zero-order valence-electron chi connectivity index (χ0n) is 12.4. The maximum atomic E-state index is 12.5. The van der Waals surface area contributed by atoms with Crippen molar-refractivity contribution in [1.29, 1.82) is 0 Å². The highest BCUT2D eigenvalue weighted by molar-refractivity contribution is 5.30. The summed E-state index contributed by atoms with van der Waals surface area (Å²) in [5.41, 5.74) is 0.935. The number of hydrogen-bond donors (Lipinski definition) is 1. The summed E-state index contributed by atoms with van der Waals surface area (Å²) in [6, 6.07) is 1.82. The quantitative estimate of drug-likeness (QED) is 0.930. The molecule has 21 heavy (non-hydrogen) atoms. The van der Waals surface area contributed by atoms with E-state index in [1.54, 1.807) is 15.1 Å². The average molecular weight is 290 g/mol. The number of aliphatic hydroxyl groups is 1. The third-order valence-electron chi connectivity index (χ3n) is 4.36. The molecule has 2 aromatic heterocycles. The third kappa shape index (κ3) is 2.72. The summed E-state index contributed by atoms with van der Waals surface area (Å²) in [5.74, 6) is 0.634. The van der Waals surface area contributed by atoms with Gasteiger partial charge in [-0.3, -0.25) is 9.36 Å². The number of hydrogen-bond acceptors (Lipinski definition) is 4. The van der Waals surface area contributed by atoms with Crippen LogP contribution in [0.25, 0.3) is 5.78 Å². The molecule has 2 aromatic rings. The van der Waals surface area contributed by atoms with Gasteiger partial charge in [-0.05, 0) is 38.5 Å². The minimum absolute atomic E-state index is 0.00277. The zero-order chi connectivity index (χ0) is 14.8. The number of rotatable bonds is 4. The minimum Gasteiger partial charge on any atom is -0.393 e. The molecule has 0 saturated heterocycles. The summed E-state index contributed by atoms with van der Waals surface area (Å²) in [5, 5.41) is 13.9. The van der Waals surface area contributed by atoms with Gasteiger partial charge in [0.2, 0.25) is 5.78 Å². The number of nitrogens with zero attached hydrogens (tertiary/aromatic N) is 4. The molecule has 0 spiro atoms. The molecular formula is C15H22N4O2. The molecule has 6 heteroatoms. The predicted octanol–water partition coefficient (Wildman–Crippen LogP) is 1.71. The van der Waals surface area contributed by atoms with Crippen LogP contribution in [0.5, 0.6) is 0 Å². The van der Waals surface area contributed by atoms with Crippen LogP contribution in [0, 0.1) is 0 Å². The van der Waals surface area contributed by atoms with Gasteiger partial charge < -0.3 is 5.11 Å². The van der Waals surface area contributed by atoms with Crippen LogP contribution in [0.4, 0.5) is 0 Å². The van der Waals surface area contributed by atoms with E-state index in [0.717, 1.165) is 50.6 Å². The van der Waals surface area contributed by atoms with Crippen LogP contribution in [-0.4, -0.2) is 30.4 Å². The molecule has 1 saturated carbocycles. The van der Waals surface area contributed by atoms with Crippen molar-refractivity contribution in [2.75, 3.05) is 0 Å². The van der Waals surface area contributed by atoms with Crippen LogP contribution in [0.15, 0.2) is 17.2 Å². The molecule has 0 atom stereocenters. The Balaban J connectivity index is 2.01. The van der Waals surface area contributed by atoms with Gasteiger partial charge in [0.05, 0.1) is 11.8 Å². The molecule has 0 radical (unpaired) electrons. The third-order valence-corrected chi connectivity index (χ3v) is 4.36. The monoisotopic (exact) mass is 290 g/mol. The number of aryl methyl sites for hydroxylation is 1. The fraction of sp³-hybridized carbons (Fsp3) is 0.667. The molecule has 0 bridgehead atoms. The highest BCUT2D eigenvalue weighted by atomic mass is 16.3. The largest absolute Gasteiger partial charge is 0.393 e. The fourth-order valence-corrected chi connectivity index (χ4v) is 3.17. The lowest BCUT2D eigenvalue weighted by Crippen LogP contribution is -2.31. The molecule has 114 valence electrons. The smallest absolute Gasteiger partial charge is 0.255 e. The van der Waals surface area contributed by atoms with Gasteiger partial charge in [-0.25, -0.2) is 4.52 Å². The Bertz CT molecular complexity index is 668. The molecule has 1 N–H and O–H groups in total. The topological polar surface area (TPSA) is 72.4 Å². The first-order chi connectivity index (χ1) is 10.2. The number of fused-ring (bicyclic) bond motifs is 1. The molecule has 1 fully saturated rings. The van der Waals surface area contributed by atoms with Gasteiger partial charge in [-0.1, -0.05) is 13.3 Å². The summed E-state index contributed by atoms with van der Waals surface area (Å²) in [7, 11) is 0. The van der Waals surface area contributed by atoms with Gasteiger partial charge in [-0.2, -0.15) is 10.1 Å². The standard InChI is InChI=1S/C15H22N4O2/c1-2-3-4-12-9-14(21)18(15-16-10-17-19(12)15)11-5-7-13(20)8-6-11/h9-11,13,20H,2-8H2,1H3. The predicted molar refractivity (Wildman–Crippen MR) is 79.4 cm³/mol. The van der Waals surface area contributed by atoms with Gasteiger partial charge in [0.1, 0.15) is 6.33 Å². The van der Waals surface area contributed by atoms with Crippen molar-refractivity contribution in [3.8, 4) is 0 Å². The van der Waals surface area contributed by atoms with Crippen molar-refractivity contribution in [2.45, 2.75) is 64.0 Å². The van der Waals surface area contributed by atoms with Crippen molar-refractivity contribution >= 4 is 5.78 Å². The van der Waals surface area contributed by atoms with E-state index < -0.39 is 0 Å². The maximum Gasteiger partial charge on any atom is 0.255 e. The Morgan fingerprint density at radius 1 is 1.33 bits per heavy atom. The molecule has 1 aliphatic carbocycles. The van der Waals surface area contributed by atoms with Crippen molar-refractivity contribution in [1.82, 2.24) is 19.2 Å². The molecule has 0 aromatic carbocycles. The highest BCUT2D eigenvalue weighted by Gasteiger charge is 2.24. The molecule has 1 aliphatic rings. The SMILES string of the molecule is CCCCc1cc(=O)n(C2CCC(O)CC2)c2ncnn12. The van der Waals surface area contributed by atoms with E-state index in [1.165, 1.54) is 6.33 Å². The Morgan fingerprint density at radius 3 is 2.81 bits per heavy atom. The van der Waals surface area contributed by atoms with Gasteiger partial charge in [0.25, 0.3) is 5.56 Å². The van der Waals surface area contributed by atoms with Crippen LogP contribution >= 0.6 is 0 Å². The molecule has 2 heterocycles. The Morgan fingerprint density at radius 2 is 2.10 bits per heavy atom. The summed E-state index contributed by atoms with van der Waals surface area (Å²) < 4.78 is 3.55. The first-order valence-electron chi connectivity index (χ1n) is 7.83. The second kappa shape index (κ2) is 5.97. The lowest BCUT2D eigenvalue weighted by molar-refractivity contribution is 0.110. The molecule has 0 aliphatic heterocycles. The van der Waals surface area contributed by atoms with Gasteiger partial charge in [0.15, 0.2) is 0 Å². The minimum atomic E-state index is -0.227. The zero-order valence-corrected chi connectivity index (χ0v) is 12.4. The molecule has 3 rings (SSSR count). The summed E-state index contributed by atoms with van der Waals surface area (Å²) in [6.45, 7) is 2.13. The van der Waals surface area contributed by atoms with E-state index >= 15 is 0 Å². The van der Waals surface area contributed by atoms with Crippen molar-refractivity contribution < 1.29 is 5.11 Å². The lowest BCUT2D eigenvalue weighted by atomic mass is 9.93. The number of aromatic nitrogens is 4. The van der Waals surface area contributed by atoms with E-state index in [9.17, 15) is 9.90 Å². The van der Waals surface area contributed by atoms with E-state index in [4.69, 9.17) is 0 Å². The van der Waals surface area contributed by atoms with Crippen LogP contribution in [-0.2, 0) is 6.42 Å². The normalized spacial score (nSPS) is 22.8. The Hall–Kier alpha value is -1.69. The van der Waals surface area contributed by atoms with Crippen LogP contribution in [0.3, 0.4) is 0 Å². The molecule has 0 amide bonds. The summed E-state index contributed by atoms with van der Waals surface area (Å²) >= 11 is 0. The lowest BCUT2D eigenvalue weighted by Gasteiger charge is -2.27. The summed E-state index contributed by atoms with van der Waals surface area (Å²) in [6.07, 6.45) is 7.37. The maximum absolute atomic E-state index is 12.5. The van der Waals surface area contributed by atoms with Crippen LogP contribution in [0.1, 0.15) is 57.2 Å². The number of unbranched alkanes of at least 4 members (excludes halogenated alkanes) is 1. The molecular weight excluding hydrogens is 268 g/mol. The Labute approximate surface area is 123 Å². The van der Waals surface area contributed by atoms with E-state index in [2.05, 4.69) is 17.0 Å². The van der Waals surface area contributed by atoms with Crippen LogP contribution < -0.4 is 5.56 Å². The number of aliphatic hydroxyl groups excluding tert-OH is 1. The second-order valence-corrected chi connectivity index (χ2v) is 5.88. The second-order valence-electron chi connectivity index (χ2n) is 5.88. The summed E-state index contributed by atoms with van der Waals surface area (Å²) in [4.78, 5) is 16.8. The van der Waals surface area contributed by atoms with Gasteiger partial charge in [-0.15, -0.1) is 0 Å². The first kappa shape index (κ1) is 14.3. The van der Waals surface area contributed by atoms with E-state index in [-0.39, 0.29) is 17.7 Å². The van der Waals surface area contributed by atoms with Crippen molar-refractivity contribution in [3.63, 3.8) is 0 Å². The van der Waals surface area contributed by atoms with Gasteiger partial charge in [0, 0.05) is 12.1 Å². The highest BCUT2D eigenvalue weighted by Crippen LogP contribution is 2.28. The van der Waals surface area contributed by atoms with Crippen LogP contribution in [0.2, 0.25) is 0 Å².